The fourth-order valence-corrected chi connectivity index (χ4v) is 2.19. The van der Waals surface area contributed by atoms with E-state index in [-0.39, 0.29) is 28.7 Å². The summed E-state index contributed by atoms with van der Waals surface area (Å²) in [6.45, 7) is 0.503. The third-order valence-corrected chi connectivity index (χ3v) is 3.31. The molecule has 1 saturated heterocycles. The Morgan fingerprint density at radius 1 is 1.63 bits per heavy atom. The van der Waals surface area contributed by atoms with E-state index < -0.39 is 0 Å². The van der Waals surface area contributed by atoms with Crippen molar-refractivity contribution in [1.82, 2.24) is 15.2 Å². The molecule has 19 heavy (non-hydrogen) atoms. The number of amides is 2. The second-order valence-electron chi connectivity index (χ2n) is 4.58. The second-order valence-corrected chi connectivity index (χ2v) is 4.96. The highest BCUT2D eigenvalue weighted by Gasteiger charge is 2.24. The van der Waals surface area contributed by atoms with Crippen LogP contribution in [0.25, 0.3) is 0 Å². The maximum Gasteiger partial charge on any atom is 0.253 e. The molecule has 2 heterocycles. The van der Waals surface area contributed by atoms with Crippen LogP contribution in [0.3, 0.4) is 0 Å². The van der Waals surface area contributed by atoms with Crippen molar-refractivity contribution < 1.29 is 9.59 Å². The van der Waals surface area contributed by atoms with Gasteiger partial charge in [-0.25, -0.2) is 4.98 Å². The van der Waals surface area contributed by atoms with Gasteiger partial charge >= 0.3 is 0 Å². The van der Waals surface area contributed by atoms with Gasteiger partial charge in [-0.2, -0.15) is 0 Å². The lowest BCUT2D eigenvalue weighted by Gasteiger charge is -2.30. The van der Waals surface area contributed by atoms with Crippen LogP contribution in [0.4, 0.5) is 5.69 Å². The normalized spacial score (nSPS) is 19.4. The predicted octanol–water partition coefficient (Wildman–Crippen LogP) is 0.668. The highest BCUT2D eigenvalue weighted by molar-refractivity contribution is 6.29. The number of pyridine rings is 1. The molecule has 1 fully saturated rings. The lowest BCUT2D eigenvalue weighted by molar-refractivity contribution is -0.132. The van der Waals surface area contributed by atoms with Crippen molar-refractivity contribution in [2.24, 2.45) is 0 Å². The number of carbonyl (C=O) groups excluding carboxylic acids is 2. The van der Waals surface area contributed by atoms with Gasteiger partial charge in [-0.3, -0.25) is 9.59 Å². The average molecular weight is 283 g/mol. The van der Waals surface area contributed by atoms with Gasteiger partial charge in [0, 0.05) is 26.1 Å². The molecule has 1 aromatic rings. The number of hydrogen-bond acceptors (Lipinski definition) is 4. The van der Waals surface area contributed by atoms with E-state index in [4.69, 9.17) is 17.3 Å². The molecular weight excluding hydrogens is 268 g/mol. The fourth-order valence-electron chi connectivity index (χ4n) is 2.03. The molecule has 0 aromatic carbocycles. The monoisotopic (exact) mass is 282 g/mol. The van der Waals surface area contributed by atoms with E-state index >= 15 is 0 Å². The molecule has 2 rings (SSSR count). The number of nitrogens with two attached hydrogens (primary N) is 1. The molecule has 1 aromatic heterocycles. The van der Waals surface area contributed by atoms with E-state index in [1.165, 1.54) is 12.3 Å². The molecule has 7 heteroatoms. The van der Waals surface area contributed by atoms with Crippen molar-refractivity contribution in [3.05, 3.63) is 23.0 Å². The number of aromatic nitrogens is 1. The van der Waals surface area contributed by atoms with E-state index in [0.29, 0.717) is 24.9 Å². The van der Waals surface area contributed by atoms with Crippen LogP contribution in [0, 0.1) is 0 Å². The summed E-state index contributed by atoms with van der Waals surface area (Å²) in [5.41, 5.74) is 6.28. The number of nitrogen functional groups attached to an aromatic ring is 1. The standard InChI is InChI=1S/C12H15ClN4O2/c1-17-6-7(2-3-11(17)18)16-12(19)8-4-10(13)15-5-9(8)14/h4-5,7H,2-3,6,14H2,1H3,(H,16,19). The van der Waals surface area contributed by atoms with E-state index in [0.717, 1.165) is 0 Å². The fraction of sp³-hybridized carbons (Fsp3) is 0.417. The van der Waals surface area contributed by atoms with Crippen LogP contribution in [0.1, 0.15) is 23.2 Å². The molecule has 0 saturated carbocycles. The van der Waals surface area contributed by atoms with Crippen LogP contribution < -0.4 is 11.1 Å². The Kier molecular flexibility index (Phi) is 3.90. The van der Waals surface area contributed by atoms with E-state index in [9.17, 15) is 9.59 Å². The van der Waals surface area contributed by atoms with Gasteiger partial charge < -0.3 is 16.0 Å². The minimum Gasteiger partial charge on any atom is -0.397 e. The smallest absolute Gasteiger partial charge is 0.253 e. The highest BCUT2D eigenvalue weighted by atomic mass is 35.5. The largest absolute Gasteiger partial charge is 0.397 e. The van der Waals surface area contributed by atoms with Gasteiger partial charge in [0.05, 0.1) is 17.4 Å². The number of likely N-dealkylation sites (N-methyl/N-ethyl adjacent to an activating group) is 1. The molecule has 1 atom stereocenters. The zero-order valence-corrected chi connectivity index (χ0v) is 11.3. The number of nitrogens with zero attached hydrogens (tertiary/aromatic N) is 2. The van der Waals surface area contributed by atoms with E-state index in [1.54, 1.807) is 11.9 Å². The third-order valence-electron chi connectivity index (χ3n) is 3.11. The third kappa shape index (κ3) is 3.14. The summed E-state index contributed by atoms with van der Waals surface area (Å²) in [4.78, 5) is 28.9. The SMILES string of the molecule is CN1CC(NC(=O)c2cc(Cl)ncc2N)CCC1=O. The van der Waals surface area contributed by atoms with E-state index in [1.807, 2.05) is 0 Å². The first-order valence-corrected chi connectivity index (χ1v) is 6.31. The Morgan fingerprint density at radius 2 is 2.37 bits per heavy atom. The van der Waals surface area contributed by atoms with Gasteiger partial charge in [0.25, 0.3) is 5.91 Å². The van der Waals surface area contributed by atoms with Gasteiger partial charge in [0.1, 0.15) is 5.15 Å². The van der Waals surface area contributed by atoms with Crippen LogP contribution in [-0.4, -0.2) is 41.3 Å². The zero-order valence-electron chi connectivity index (χ0n) is 10.5. The number of likely N-dealkylation sites (tertiary alicyclic amines) is 1. The van der Waals surface area contributed by atoms with Gasteiger partial charge in [-0.1, -0.05) is 11.6 Å². The second kappa shape index (κ2) is 5.44. The Balaban J connectivity index is 2.05. The molecule has 0 bridgehead atoms. The summed E-state index contributed by atoms with van der Waals surface area (Å²) < 4.78 is 0. The highest BCUT2D eigenvalue weighted by Crippen LogP contribution is 2.16. The van der Waals surface area contributed by atoms with Gasteiger partial charge in [0.15, 0.2) is 0 Å². The van der Waals surface area contributed by atoms with Crippen molar-refractivity contribution in [3.63, 3.8) is 0 Å². The molecule has 0 radical (unpaired) electrons. The molecule has 1 unspecified atom stereocenters. The Hall–Kier alpha value is -1.82. The van der Waals surface area contributed by atoms with Crippen molar-refractivity contribution in [2.75, 3.05) is 19.3 Å². The Labute approximate surface area is 115 Å². The summed E-state index contributed by atoms with van der Waals surface area (Å²) in [6.07, 6.45) is 2.43. The topological polar surface area (TPSA) is 88.3 Å². The molecule has 3 N–H and O–H groups in total. The first-order chi connectivity index (χ1) is 8.97. The van der Waals surface area contributed by atoms with E-state index in [2.05, 4.69) is 10.3 Å². The van der Waals surface area contributed by atoms with Crippen LogP contribution in [0.5, 0.6) is 0 Å². The number of carbonyl (C=O) groups is 2. The van der Waals surface area contributed by atoms with Gasteiger partial charge in [-0.05, 0) is 12.5 Å². The molecular formula is C12H15ClN4O2. The molecule has 102 valence electrons. The Morgan fingerprint density at radius 3 is 3.05 bits per heavy atom. The summed E-state index contributed by atoms with van der Waals surface area (Å²) in [6, 6.07) is 1.37. The minimum atomic E-state index is -0.297. The number of hydrogen-bond donors (Lipinski definition) is 2. The van der Waals surface area contributed by atoms with Crippen molar-refractivity contribution in [1.29, 1.82) is 0 Å². The van der Waals surface area contributed by atoms with Crippen molar-refractivity contribution >= 4 is 29.1 Å². The minimum absolute atomic E-state index is 0.0680. The van der Waals surface area contributed by atoms with Gasteiger partial charge in [-0.15, -0.1) is 0 Å². The first kappa shape index (κ1) is 13.6. The number of piperidine rings is 1. The number of nitrogens with one attached hydrogen (secondary N) is 1. The van der Waals surface area contributed by atoms with Crippen LogP contribution in [-0.2, 0) is 4.79 Å². The summed E-state index contributed by atoms with van der Waals surface area (Å²) in [5.74, 6) is -0.202. The quantitative estimate of drug-likeness (QED) is 0.780. The molecule has 1 aliphatic rings. The zero-order chi connectivity index (χ0) is 14.0. The van der Waals surface area contributed by atoms with Crippen molar-refractivity contribution in [3.8, 4) is 0 Å². The van der Waals surface area contributed by atoms with Gasteiger partial charge in [0.2, 0.25) is 5.91 Å². The molecule has 6 nitrogen and oxygen atoms in total. The number of halogens is 1. The molecule has 2 amide bonds. The lowest BCUT2D eigenvalue weighted by atomic mass is 10.1. The summed E-state index contributed by atoms with van der Waals surface area (Å²) in [7, 11) is 1.72. The maximum atomic E-state index is 12.1. The summed E-state index contributed by atoms with van der Waals surface area (Å²) in [5, 5.41) is 3.07. The molecule has 0 aliphatic carbocycles. The predicted molar refractivity (Wildman–Crippen MR) is 71.8 cm³/mol. The van der Waals surface area contributed by atoms with Crippen LogP contribution in [0.15, 0.2) is 12.3 Å². The summed E-state index contributed by atoms with van der Waals surface area (Å²) >= 11 is 5.75. The lowest BCUT2D eigenvalue weighted by Crippen LogP contribution is -2.48. The Bertz CT molecular complexity index is 520. The van der Waals surface area contributed by atoms with Crippen molar-refractivity contribution in [2.45, 2.75) is 18.9 Å². The average Bonchev–Trinajstić information content (AvgIpc) is 2.36. The number of anilines is 1. The first-order valence-electron chi connectivity index (χ1n) is 5.93. The molecule has 0 spiro atoms. The maximum absolute atomic E-state index is 12.1. The molecule has 1 aliphatic heterocycles. The number of rotatable bonds is 2. The van der Waals surface area contributed by atoms with Crippen LogP contribution in [0.2, 0.25) is 5.15 Å². The van der Waals surface area contributed by atoms with Crippen LogP contribution >= 0.6 is 11.6 Å².